The first-order valence-corrected chi connectivity index (χ1v) is 31.6. The number of aryl methyl sites for hydroxylation is 13. The second kappa shape index (κ2) is 121. The van der Waals surface area contributed by atoms with E-state index in [1.54, 1.807) is 78.1 Å². The summed E-state index contributed by atoms with van der Waals surface area (Å²) >= 11 is 4.64. The molecule has 0 fully saturated rings. The molecule has 5 N–H and O–H groups in total. The van der Waals surface area contributed by atoms with E-state index in [4.69, 9.17) is 4.42 Å². The van der Waals surface area contributed by atoms with Crippen LogP contribution in [0.4, 0.5) is 0 Å². The summed E-state index contributed by atoms with van der Waals surface area (Å²) in [7, 11) is 3.76. The van der Waals surface area contributed by atoms with Gasteiger partial charge in [-0.15, -0.1) is 41.9 Å². The number of rotatable bonds is 0. The summed E-state index contributed by atoms with van der Waals surface area (Å²) in [6, 6.07) is 7.71. The van der Waals surface area contributed by atoms with E-state index < -0.39 is 0 Å². The van der Waals surface area contributed by atoms with Gasteiger partial charge in [-0.3, -0.25) is 30.2 Å². The Morgan fingerprint density at radius 1 is 0.427 bits per heavy atom. The summed E-state index contributed by atoms with van der Waals surface area (Å²) in [5.41, 5.74) is 4.64. The van der Waals surface area contributed by atoms with Crippen molar-refractivity contribution in [1.29, 1.82) is 0 Å². The molecule has 0 aliphatic rings. The molecule has 0 unspecified atom stereocenters. The lowest BCUT2D eigenvalue weighted by atomic mass is 10.4. The van der Waals surface area contributed by atoms with Crippen LogP contribution in [0.1, 0.15) is 260 Å². The third-order valence-electron chi connectivity index (χ3n) is 6.53. The van der Waals surface area contributed by atoms with Gasteiger partial charge in [-0.05, 0) is 121 Å². The molecule has 24 nitrogen and oxygen atoms in total. The lowest BCUT2D eigenvalue weighted by molar-refractivity contribution is 0.489. The van der Waals surface area contributed by atoms with Crippen molar-refractivity contribution >= 4 is 34.4 Å². The number of H-pyrrole nitrogens is 5. The fourth-order valence-corrected chi connectivity index (χ4v) is 4.94. The van der Waals surface area contributed by atoms with Crippen LogP contribution in [-0.2, 0) is 14.1 Å². The normalized spacial score (nSPS) is 6.91. The van der Waals surface area contributed by atoms with Crippen LogP contribution in [0, 0.1) is 76.2 Å². The highest BCUT2D eigenvalue weighted by molar-refractivity contribution is 7.11. The molecular weight excluding hydrogens is 1260 g/mol. The van der Waals surface area contributed by atoms with Crippen LogP contribution in [0.15, 0.2) is 109 Å². The molecule has 11 aromatic rings. The van der Waals surface area contributed by atoms with Gasteiger partial charge >= 0.3 is 0 Å². The zero-order chi connectivity index (χ0) is 68.2. The number of nitrogens with one attached hydrogen (secondary N) is 5. The molecule has 11 rings (SSSR count). The lowest BCUT2D eigenvalue weighted by Gasteiger charge is -1.77. The Kier molecular flexibility index (Phi) is 176. The average Bonchev–Trinajstić information content (AvgIpc) is 4.39. The second-order valence-corrected chi connectivity index (χ2v) is 16.3. The molecule has 11 aromatic heterocycles. The maximum atomic E-state index is 4.86. The van der Waals surface area contributed by atoms with Crippen molar-refractivity contribution in [2.45, 2.75) is 275 Å². The zero-order valence-electron chi connectivity index (χ0n) is 58.5. The molecule has 0 spiro atoms. The van der Waals surface area contributed by atoms with E-state index in [-0.39, 0.29) is 74.3 Å². The lowest BCUT2D eigenvalue weighted by Crippen LogP contribution is -1.83. The Balaban J connectivity index is -0.0000000386. The Morgan fingerprint density at radius 3 is 0.927 bits per heavy atom. The smallest absolute Gasteiger partial charge is 0.213 e. The Bertz CT molecular complexity index is 2070. The van der Waals surface area contributed by atoms with Crippen molar-refractivity contribution in [1.82, 2.24) is 115 Å². The predicted molar refractivity (Wildman–Crippen MR) is 433 cm³/mol. The maximum Gasteiger partial charge on any atom is 0.213 e. The summed E-state index contributed by atoms with van der Waals surface area (Å²) in [4.78, 5) is 8.77. The summed E-state index contributed by atoms with van der Waals surface area (Å²) in [5.74, 6) is 2.96. The van der Waals surface area contributed by atoms with E-state index in [1.807, 2.05) is 249 Å². The van der Waals surface area contributed by atoms with Gasteiger partial charge < -0.3 is 8.98 Å². The summed E-state index contributed by atoms with van der Waals surface area (Å²) in [6.45, 7) is 57.1. The topological polar surface area (TPSA) is 308 Å². The van der Waals surface area contributed by atoms with Crippen molar-refractivity contribution in [3.8, 4) is 0 Å². The summed E-state index contributed by atoms with van der Waals surface area (Å²) < 4.78 is 16.1. The second-order valence-electron chi connectivity index (χ2n) is 13.2. The van der Waals surface area contributed by atoms with Crippen LogP contribution >= 0.6 is 34.4 Å². The molecular formula is C69H155N23OS3. The van der Waals surface area contributed by atoms with Gasteiger partial charge in [0.15, 0.2) is 0 Å². The molecule has 0 aliphatic carbocycles. The van der Waals surface area contributed by atoms with Crippen molar-refractivity contribution in [2.24, 2.45) is 14.1 Å². The van der Waals surface area contributed by atoms with E-state index in [9.17, 15) is 0 Å². The van der Waals surface area contributed by atoms with Crippen molar-refractivity contribution in [3.63, 3.8) is 0 Å². The number of aromatic nitrogens is 23. The first-order chi connectivity index (χ1) is 41.6. The SMILES string of the molecule is C.C.C.C.C.C.C.C.C.C.CC.CC.CC.CC.CC.CC.CC.CC.CC.Cc1ccn[nH]1.Cc1ccn[nH]1.Cc1ccns1.Cc1cn[nH]c1.Cc1cnsc1.Cc1ncn[nH]1.Cc1ncn[nH]1.Cc1nnc(C)o1.Cc1nnc(C)s1.Cn1cccn1.Cn1cnnc1. The van der Waals surface area contributed by atoms with Gasteiger partial charge in [0.2, 0.25) is 11.8 Å². The molecule has 0 atom stereocenters. The molecule has 11 heterocycles. The van der Waals surface area contributed by atoms with Gasteiger partial charge in [0.1, 0.15) is 47.0 Å². The fourth-order valence-electron chi connectivity index (χ4n) is 3.42. The van der Waals surface area contributed by atoms with Crippen LogP contribution < -0.4 is 0 Å². The largest absolute Gasteiger partial charge is 0.426 e. The number of hydrogen-bond donors (Lipinski definition) is 5. The van der Waals surface area contributed by atoms with Crippen LogP contribution in [-0.4, -0.2) is 115 Å². The van der Waals surface area contributed by atoms with Gasteiger partial charge in [0.05, 0.1) is 6.20 Å². The van der Waals surface area contributed by atoms with Crippen molar-refractivity contribution in [2.75, 3.05) is 0 Å². The van der Waals surface area contributed by atoms with Gasteiger partial charge in [-0.2, -0.15) is 30.6 Å². The first kappa shape index (κ1) is 140. The summed E-state index contributed by atoms with van der Waals surface area (Å²) in [5, 5.41) is 61.5. The monoisotopic (exact) mass is 1420 g/mol. The van der Waals surface area contributed by atoms with Crippen molar-refractivity contribution < 1.29 is 4.42 Å². The Morgan fingerprint density at radius 2 is 0.833 bits per heavy atom. The fraction of sp³-hybridized carbons (Fsp3) is 0.594. The predicted octanol–water partition coefficient (Wildman–Crippen LogP) is 23.0. The van der Waals surface area contributed by atoms with E-state index >= 15 is 0 Å². The van der Waals surface area contributed by atoms with Gasteiger partial charge in [0.25, 0.3) is 0 Å². The van der Waals surface area contributed by atoms with Crippen LogP contribution in [0.2, 0.25) is 0 Å². The molecule has 0 saturated carbocycles. The molecule has 27 heteroatoms. The van der Waals surface area contributed by atoms with E-state index in [2.05, 4.69) is 105 Å². The van der Waals surface area contributed by atoms with Gasteiger partial charge in [-0.1, -0.05) is 199 Å². The average molecular weight is 1420 g/mol. The van der Waals surface area contributed by atoms with E-state index in [1.165, 1.54) is 51.7 Å². The van der Waals surface area contributed by atoms with E-state index in [0.29, 0.717) is 11.8 Å². The molecule has 0 aliphatic heterocycles. The van der Waals surface area contributed by atoms with E-state index in [0.717, 1.165) is 33.1 Å². The molecule has 0 radical (unpaired) electrons. The highest BCUT2D eigenvalue weighted by Gasteiger charge is 1.90. The molecule has 96 heavy (non-hydrogen) atoms. The van der Waals surface area contributed by atoms with Crippen LogP contribution in [0.5, 0.6) is 0 Å². The highest BCUT2D eigenvalue weighted by Crippen LogP contribution is 2.04. The van der Waals surface area contributed by atoms with Gasteiger partial charge in [0, 0.05) is 93.0 Å². The number of nitrogens with zero attached hydrogens (tertiary/aromatic N) is 18. The third-order valence-corrected chi connectivity index (χ3v) is 8.64. The molecule has 570 valence electrons. The minimum Gasteiger partial charge on any atom is -0.426 e. The first-order valence-electron chi connectivity index (χ1n) is 29.1. The Hall–Kier alpha value is -7.78. The molecule has 0 saturated heterocycles. The molecule has 0 bridgehead atoms. The van der Waals surface area contributed by atoms with Crippen molar-refractivity contribution in [3.05, 3.63) is 165 Å². The van der Waals surface area contributed by atoms with Crippen LogP contribution in [0.3, 0.4) is 0 Å². The highest BCUT2D eigenvalue weighted by atomic mass is 32.1. The quantitative estimate of drug-likeness (QED) is 0.0942. The standard InChI is InChI=1S/C4H6N2O.C4H6N2S.4C4H6N2.2C4H5NS.3C3H5N3.9C2H6.10CH4/c2*1-3-5-6-4(2)7-3;1-4-2-5-6-3-4;1-6-4-2-3-5-6;2*1-4-2-3-5-6-4;1-4-2-5-6-3-4;1-4-2-3-5-6-4;1-6-2-4-5-3-6;2*1-3-4-2-5-6-3;9*1-2;;;;;;;;;;/h2*1-2H3;2-3H,1H3,(H,5,6);2-4H,1H3;2*2-3H,1H3,(H,5,6);3*2-3H,1H3;2*2H,1H3,(H,4,5,6);9*1-2H3;10*1H4. The zero-order valence-corrected chi connectivity index (χ0v) is 60.9. The minimum atomic E-state index is 0. The maximum absolute atomic E-state index is 4.86. The van der Waals surface area contributed by atoms with Crippen LogP contribution in [0.25, 0.3) is 0 Å². The number of aromatic amines is 5. The molecule has 0 aromatic carbocycles. The Labute approximate surface area is 604 Å². The third kappa shape index (κ3) is 117. The number of hydrogen-bond acceptors (Lipinski definition) is 20. The molecule has 0 amide bonds. The minimum absolute atomic E-state index is 0. The van der Waals surface area contributed by atoms with Gasteiger partial charge in [-0.25, -0.2) is 18.7 Å². The summed E-state index contributed by atoms with van der Waals surface area (Å²) in [6.07, 6.45) is 20.6.